The van der Waals surface area contributed by atoms with E-state index in [2.05, 4.69) is 0 Å². The first-order valence-corrected chi connectivity index (χ1v) is 12.8. The fraction of sp³-hybridized carbons (Fsp3) is 0.536. The van der Waals surface area contributed by atoms with Crippen molar-refractivity contribution in [1.82, 2.24) is 0 Å². The lowest BCUT2D eigenvalue weighted by atomic mass is 10.1. The minimum atomic E-state index is -0.288. The maximum Gasteiger partial charge on any atom is 0.338 e. The van der Waals surface area contributed by atoms with E-state index in [1.165, 1.54) is 57.8 Å². The van der Waals surface area contributed by atoms with Crippen molar-refractivity contribution < 1.29 is 19.0 Å². The molecule has 0 N–H and O–H groups in total. The van der Waals surface area contributed by atoms with E-state index >= 15 is 0 Å². The molecule has 2 rings (SSSR count). The van der Waals surface area contributed by atoms with Crippen LogP contribution in [-0.4, -0.2) is 25.8 Å². The number of rotatable bonds is 18. The van der Waals surface area contributed by atoms with Gasteiger partial charge in [-0.3, -0.25) is 0 Å². The predicted molar refractivity (Wildman–Crippen MR) is 136 cm³/mol. The van der Waals surface area contributed by atoms with Crippen molar-refractivity contribution in [2.45, 2.75) is 77.6 Å². The minimum absolute atomic E-state index is 0.288. The number of benzene rings is 2. The van der Waals surface area contributed by atoms with Crippen molar-refractivity contribution in [3.8, 4) is 11.5 Å². The van der Waals surface area contributed by atoms with Crippen molar-refractivity contribution in [3.63, 3.8) is 0 Å². The van der Waals surface area contributed by atoms with Crippen LogP contribution >= 0.6 is 11.6 Å². The summed E-state index contributed by atoms with van der Waals surface area (Å²) in [5.41, 5.74) is 0.562. The number of carbonyl (C=O) groups is 1. The Hall–Kier alpha value is -2.20. The Labute approximate surface area is 204 Å². The number of hydrogen-bond donors (Lipinski definition) is 0. The summed E-state index contributed by atoms with van der Waals surface area (Å²) >= 11 is 5.87. The molecule has 0 saturated carbocycles. The van der Waals surface area contributed by atoms with Crippen molar-refractivity contribution in [3.05, 3.63) is 59.1 Å². The van der Waals surface area contributed by atoms with Crippen LogP contribution in [0.5, 0.6) is 11.5 Å². The lowest BCUT2D eigenvalue weighted by Crippen LogP contribution is -2.04. The van der Waals surface area contributed by atoms with Crippen LogP contribution in [-0.2, 0) is 4.74 Å². The number of ether oxygens (including phenoxy) is 3. The molecule has 0 heterocycles. The normalized spacial score (nSPS) is 10.7. The lowest BCUT2D eigenvalue weighted by molar-refractivity contribution is 0.0526. The topological polar surface area (TPSA) is 44.8 Å². The van der Waals surface area contributed by atoms with Crippen LogP contribution in [0.3, 0.4) is 0 Å². The third kappa shape index (κ3) is 12.6. The first kappa shape index (κ1) is 27.0. The maximum absolute atomic E-state index is 11.6. The van der Waals surface area contributed by atoms with Gasteiger partial charge in [-0.1, -0.05) is 69.4 Å². The monoisotopic (exact) mass is 474 g/mol. The number of esters is 1. The summed E-state index contributed by atoms with van der Waals surface area (Å²) in [6.45, 7) is 3.70. The Morgan fingerprint density at radius 3 is 1.45 bits per heavy atom. The molecule has 5 heteroatoms. The Bertz CT molecular complexity index is 758. The zero-order valence-electron chi connectivity index (χ0n) is 20.0. The highest BCUT2D eigenvalue weighted by molar-refractivity contribution is 6.30. The van der Waals surface area contributed by atoms with Gasteiger partial charge >= 0.3 is 5.97 Å². The second kappa shape index (κ2) is 17.3. The Kier molecular flexibility index (Phi) is 14.2. The molecule has 0 spiro atoms. The minimum Gasteiger partial charge on any atom is -0.494 e. The van der Waals surface area contributed by atoms with Crippen LogP contribution < -0.4 is 9.47 Å². The van der Waals surface area contributed by atoms with E-state index in [1.54, 1.807) is 19.1 Å². The molecule has 0 aliphatic rings. The third-order valence-corrected chi connectivity index (χ3v) is 5.76. The lowest BCUT2D eigenvalue weighted by Gasteiger charge is -2.07. The molecular weight excluding hydrogens is 436 g/mol. The summed E-state index contributed by atoms with van der Waals surface area (Å²) in [4.78, 5) is 11.6. The van der Waals surface area contributed by atoms with Gasteiger partial charge < -0.3 is 14.2 Å². The van der Waals surface area contributed by atoms with Gasteiger partial charge in [0.05, 0.1) is 25.4 Å². The molecule has 0 saturated heterocycles. The molecule has 0 aliphatic carbocycles. The van der Waals surface area contributed by atoms with Crippen LogP contribution in [0.25, 0.3) is 0 Å². The Balaban J connectivity index is 1.33. The molecule has 33 heavy (non-hydrogen) atoms. The standard InChI is InChI=1S/C28H39ClO4/c1-2-31-28(30)24-14-18-26(19-15-24)32-22-12-10-8-6-4-3-5-7-9-11-13-23-33-27-20-16-25(29)17-21-27/h14-21H,2-13,22-23H2,1H3. The first-order valence-electron chi connectivity index (χ1n) is 12.5. The quantitative estimate of drug-likeness (QED) is 0.161. The van der Waals surface area contributed by atoms with E-state index in [4.69, 9.17) is 25.8 Å². The molecule has 0 aromatic heterocycles. The summed E-state index contributed by atoms with van der Waals surface area (Å²) in [7, 11) is 0. The highest BCUT2D eigenvalue weighted by Gasteiger charge is 2.05. The van der Waals surface area contributed by atoms with E-state index in [-0.39, 0.29) is 5.97 Å². The summed E-state index contributed by atoms with van der Waals surface area (Å²) in [5, 5.41) is 0.743. The molecule has 2 aromatic carbocycles. The van der Waals surface area contributed by atoms with Crippen LogP contribution in [0.2, 0.25) is 5.02 Å². The van der Waals surface area contributed by atoms with Crippen molar-refractivity contribution >= 4 is 17.6 Å². The van der Waals surface area contributed by atoms with Gasteiger partial charge in [0.25, 0.3) is 0 Å². The summed E-state index contributed by atoms with van der Waals surface area (Å²) in [5.74, 6) is 1.42. The smallest absolute Gasteiger partial charge is 0.338 e. The zero-order chi connectivity index (χ0) is 23.6. The molecule has 0 amide bonds. The highest BCUT2D eigenvalue weighted by Crippen LogP contribution is 2.17. The largest absolute Gasteiger partial charge is 0.494 e. The molecule has 0 unspecified atom stereocenters. The fourth-order valence-corrected chi connectivity index (χ4v) is 3.73. The summed E-state index contributed by atoms with van der Waals surface area (Å²) < 4.78 is 16.5. The zero-order valence-corrected chi connectivity index (χ0v) is 20.8. The second-order valence-electron chi connectivity index (χ2n) is 8.28. The van der Waals surface area contributed by atoms with E-state index in [0.29, 0.717) is 12.2 Å². The van der Waals surface area contributed by atoms with Gasteiger partial charge in [-0.25, -0.2) is 4.79 Å². The highest BCUT2D eigenvalue weighted by atomic mass is 35.5. The SMILES string of the molecule is CCOC(=O)c1ccc(OCCCCCCCCCCCCCOc2ccc(Cl)cc2)cc1. The number of halogens is 1. The Morgan fingerprint density at radius 2 is 1.03 bits per heavy atom. The van der Waals surface area contributed by atoms with Crippen LogP contribution in [0.4, 0.5) is 0 Å². The molecule has 2 aromatic rings. The molecule has 0 fully saturated rings. The third-order valence-electron chi connectivity index (χ3n) is 5.51. The molecule has 0 atom stereocenters. The van der Waals surface area contributed by atoms with Gasteiger partial charge in [0.2, 0.25) is 0 Å². The van der Waals surface area contributed by atoms with Gasteiger partial charge in [-0.05, 0) is 68.3 Å². The number of carbonyl (C=O) groups excluding carboxylic acids is 1. The van der Waals surface area contributed by atoms with Gasteiger partial charge in [0.1, 0.15) is 11.5 Å². The molecule has 0 bridgehead atoms. The van der Waals surface area contributed by atoms with E-state index in [1.807, 2.05) is 36.4 Å². The van der Waals surface area contributed by atoms with Crippen LogP contribution in [0.15, 0.2) is 48.5 Å². The maximum atomic E-state index is 11.6. The summed E-state index contributed by atoms with van der Waals surface area (Å²) in [6.07, 6.45) is 13.8. The van der Waals surface area contributed by atoms with Gasteiger partial charge in [0.15, 0.2) is 0 Å². The molecular formula is C28H39ClO4. The van der Waals surface area contributed by atoms with Crippen LogP contribution in [0.1, 0.15) is 87.9 Å². The average molecular weight is 475 g/mol. The fourth-order valence-electron chi connectivity index (χ4n) is 3.61. The van der Waals surface area contributed by atoms with E-state index in [9.17, 15) is 4.79 Å². The average Bonchev–Trinajstić information content (AvgIpc) is 2.83. The number of hydrogen-bond acceptors (Lipinski definition) is 4. The van der Waals surface area contributed by atoms with Crippen LogP contribution in [0, 0.1) is 0 Å². The summed E-state index contributed by atoms with van der Waals surface area (Å²) in [6, 6.07) is 14.7. The van der Waals surface area contributed by atoms with Crippen molar-refractivity contribution in [1.29, 1.82) is 0 Å². The van der Waals surface area contributed by atoms with Gasteiger partial charge in [-0.2, -0.15) is 0 Å². The molecule has 0 aliphatic heterocycles. The van der Waals surface area contributed by atoms with E-state index < -0.39 is 0 Å². The van der Waals surface area contributed by atoms with Gasteiger partial charge in [-0.15, -0.1) is 0 Å². The van der Waals surface area contributed by atoms with Crippen molar-refractivity contribution in [2.75, 3.05) is 19.8 Å². The van der Waals surface area contributed by atoms with Gasteiger partial charge in [0, 0.05) is 5.02 Å². The molecule has 182 valence electrons. The second-order valence-corrected chi connectivity index (χ2v) is 8.72. The first-order chi connectivity index (χ1) is 16.2. The Morgan fingerprint density at radius 1 is 0.636 bits per heavy atom. The predicted octanol–water partition coefficient (Wildman–Crippen LogP) is 8.27. The molecule has 4 nitrogen and oxygen atoms in total. The van der Waals surface area contributed by atoms with E-state index in [0.717, 1.165) is 42.6 Å². The number of unbranched alkanes of at least 4 members (excludes halogenated alkanes) is 10. The van der Waals surface area contributed by atoms with Crippen molar-refractivity contribution in [2.24, 2.45) is 0 Å². The molecule has 0 radical (unpaired) electrons.